The zero-order valence-electron chi connectivity index (χ0n) is 17.2. The molecule has 2 aliphatic rings. The van der Waals surface area contributed by atoms with Crippen LogP contribution in [0.15, 0.2) is 0 Å². The minimum absolute atomic E-state index is 0.263. The van der Waals surface area contributed by atoms with Crippen molar-refractivity contribution in [1.82, 2.24) is 14.7 Å². The Morgan fingerprint density at radius 2 is 1.42 bits per heavy atom. The molecule has 0 aromatic rings. The largest absolute Gasteiger partial charge is 0.341 e. The Kier molecular flexibility index (Phi) is 8.89. The number of hydrogen-bond donors (Lipinski definition) is 0. The SMILES string of the molecule is CCCCCCCC(=O)N1CCN(CC(=O)N2CC(C)CC(C)C2)CC1. The predicted molar refractivity (Wildman–Crippen MR) is 106 cm³/mol. The molecule has 0 aliphatic carbocycles. The van der Waals surface area contributed by atoms with E-state index in [-0.39, 0.29) is 5.91 Å². The number of nitrogens with zero attached hydrogens (tertiary/aromatic N) is 3. The third-order valence-corrected chi connectivity index (χ3v) is 5.80. The van der Waals surface area contributed by atoms with Crippen LogP contribution >= 0.6 is 0 Å². The summed E-state index contributed by atoms with van der Waals surface area (Å²) in [6, 6.07) is 0. The number of piperazine rings is 1. The number of carbonyl (C=O) groups excluding carboxylic acids is 2. The van der Waals surface area contributed by atoms with E-state index in [1.54, 1.807) is 0 Å². The van der Waals surface area contributed by atoms with E-state index in [1.807, 2.05) is 9.80 Å². The van der Waals surface area contributed by atoms with E-state index in [4.69, 9.17) is 0 Å². The highest BCUT2D eigenvalue weighted by atomic mass is 16.2. The maximum Gasteiger partial charge on any atom is 0.236 e. The molecule has 0 saturated carbocycles. The molecule has 2 fully saturated rings. The van der Waals surface area contributed by atoms with Crippen molar-refractivity contribution in [3.63, 3.8) is 0 Å². The van der Waals surface area contributed by atoms with Crippen molar-refractivity contribution >= 4 is 11.8 Å². The van der Waals surface area contributed by atoms with Gasteiger partial charge in [-0.05, 0) is 24.7 Å². The monoisotopic (exact) mass is 365 g/mol. The molecule has 0 aromatic carbocycles. The summed E-state index contributed by atoms with van der Waals surface area (Å²) in [5.41, 5.74) is 0. The lowest BCUT2D eigenvalue weighted by Crippen LogP contribution is -2.53. The molecule has 2 unspecified atom stereocenters. The molecule has 2 heterocycles. The Hall–Kier alpha value is -1.10. The molecular weight excluding hydrogens is 326 g/mol. The fourth-order valence-corrected chi connectivity index (χ4v) is 4.35. The summed E-state index contributed by atoms with van der Waals surface area (Å²) in [6.07, 6.45) is 7.85. The second-order valence-electron chi connectivity index (χ2n) is 8.57. The maximum atomic E-state index is 12.6. The van der Waals surface area contributed by atoms with Crippen LogP contribution in [0, 0.1) is 11.8 Å². The molecule has 26 heavy (non-hydrogen) atoms. The predicted octanol–water partition coefficient (Wildman–Crippen LogP) is 3.00. The number of hydrogen-bond acceptors (Lipinski definition) is 3. The molecule has 0 radical (unpaired) electrons. The lowest BCUT2D eigenvalue weighted by molar-refractivity contribution is -0.136. The van der Waals surface area contributed by atoms with E-state index >= 15 is 0 Å². The van der Waals surface area contributed by atoms with Gasteiger partial charge < -0.3 is 9.80 Å². The molecule has 5 nitrogen and oxygen atoms in total. The second-order valence-corrected chi connectivity index (χ2v) is 8.57. The highest BCUT2D eigenvalue weighted by molar-refractivity contribution is 5.78. The number of rotatable bonds is 8. The number of carbonyl (C=O) groups is 2. The minimum Gasteiger partial charge on any atom is -0.341 e. The normalized spacial score (nSPS) is 24.7. The molecule has 2 rings (SSSR count). The quantitative estimate of drug-likeness (QED) is 0.621. The fraction of sp³-hybridized carbons (Fsp3) is 0.905. The third-order valence-electron chi connectivity index (χ3n) is 5.80. The molecule has 0 N–H and O–H groups in total. The first kappa shape index (κ1) is 21.2. The Labute approximate surface area is 160 Å². The van der Waals surface area contributed by atoms with Gasteiger partial charge in [0.05, 0.1) is 6.54 Å². The Balaban J connectivity index is 1.64. The van der Waals surface area contributed by atoms with Gasteiger partial charge in [-0.2, -0.15) is 0 Å². The molecule has 2 aliphatic heterocycles. The van der Waals surface area contributed by atoms with Gasteiger partial charge in [-0.25, -0.2) is 0 Å². The smallest absolute Gasteiger partial charge is 0.236 e. The second kappa shape index (κ2) is 10.9. The molecule has 2 saturated heterocycles. The summed E-state index contributed by atoms with van der Waals surface area (Å²) in [6.45, 7) is 12.2. The van der Waals surface area contributed by atoms with Crippen LogP contribution in [0.2, 0.25) is 0 Å². The molecule has 150 valence electrons. The van der Waals surface area contributed by atoms with E-state index in [9.17, 15) is 9.59 Å². The molecule has 0 bridgehead atoms. The van der Waals surface area contributed by atoms with Gasteiger partial charge in [0.25, 0.3) is 0 Å². The van der Waals surface area contributed by atoms with Gasteiger partial charge in [-0.15, -0.1) is 0 Å². The summed E-state index contributed by atoms with van der Waals surface area (Å²) >= 11 is 0. The first-order valence-corrected chi connectivity index (χ1v) is 10.8. The Morgan fingerprint density at radius 3 is 2.04 bits per heavy atom. The first-order valence-electron chi connectivity index (χ1n) is 10.8. The van der Waals surface area contributed by atoms with E-state index < -0.39 is 0 Å². The third kappa shape index (κ3) is 6.90. The van der Waals surface area contributed by atoms with Gasteiger partial charge in [0.15, 0.2) is 0 Å². The number of likely N-dealkylation sites (tertiary alicyclic amines) is 1. The Bertz CT molecular complexity index is 437. The van der Waals surface area contributed by atoms with Gasteiger partial charge in [-0.3, -0.25) is 14.5 Å². The minimum atomic E-state index is 0.263. The van der Waals surface area contributed by atoms with Crippen molar-refractivity contribution in [3.8, 4) is 0 Å². The van der Waals surface area contributed by atoms with Crippen molar-refractivity contribution in [1.29, 1.82) is 0 Å². The van der Waals surface area contributed by atoms with Crippen molar-refractivity contribution < 1.29 is 9.59 Å². The summed E-state index contributed by atoms with van der Waals surface area (Å²) in [7, 11) is 0. The van der Waals surface area contributed by atoms with Crippen LogP contribution in [0.5, 0.6) is 0 Å². The van der Waals surface area contributed by atoms with Gasteiger partial charge in [0.1, 0.15) is 0 Å². The van der Waals surface area contributed by atoms with Crippen molar-refractivity contribution in [2.75, 3.05) is 45.8 Å². The number of piperidine rings is 1. The van der Waals surface area contributed by atoms with Crippen LogP contribution in [0.1, 0.15) is 65.7 Å². The van der Waals surface area contributed by atoms with Crippen molar-refractivity contribution in [3.05, 3.63) is 0 Å². The topological polar surface area (TPSA) is 43.9 Å². The summed E-state index contributed by atoms with van der Waals surface area (Å²) in [5.74, 6) is 1.77. The highest BCUT2D eigenvalue weighted by Gasteiger charge is 2.28. The van der Waals surface area contributed by atoms with Gasteiger partial charge >= 0.3 is 0 Å². The lowest BCUT2D eigenvalue weighted by atomic mass is 9.92. The molecular formula is C21H39N3O2. The summed E-state index contributed by atoms with van der Waals surface area (Å²) in [5, 5.41) is 0. The van der Waals surface area contributed by atoms with Crippen LogP contribution in [-0.4, -0.2) is 72.3 Å². The standard InChI is InChI=1S/C21H39N3O2/c1-4-5-6-7-8-9-20(25)23-12-10-22(11-13-23)17-21(26)24-15-18(2)14-19(3)16-24/h18-19H,4-17H2,1-3H3. The average Bonchev–Trinajstić information content (AvgIpc) is 2.61. The lowest BCUT2D eigenvalue weighted by Gasteiger charge is -2.38. The van der Waals surface area contributed by atoms with Crippen LogP contribution in [0.25, 0.3) is 0 Å². The molecule has 2 atom stereocenters. The first-order chi connectivity index (χ1) is 12.5. The number of unbranched alkanes of at least 4 members (excludes halogenated alkanes) is 4. The van der Waals surface area contributed by atoms with E-state index in [0.29, 0.717) is 30.7 Å². The average molecular weight is 366 g/mol. The van der Waals surface area contributed by atoms with Crippen LogP contribution in [0.3, 0.4) is 0 Å². The van der Waals surface area contributed by atoms with E-state index in [0.717, 1.165) is 45.7 Å². The van der Waals surface area contributed by atoms with Crippen LogP contribution < -0.4 is 0 Å². The van der Waals surface area contributed by atoms with E-state index in [1.165, 1.54) is 32.1 Å². The maximum absolute atomic E-state index is 12.6. The number of amides is 2. The van der Waals surface area contributed by atoms with Gasteiger partial charge in [0.2, 0.25) is 11.8 Å². The van der Waals surface area contributed by atoms with Crippen LogP contribution in [0.4, 0.5) is 0 Å². The molecule has 0 aromatic heterocycles. The van der Waals surface area contributed by atoms with Crippen molar-refractivity contribution in [2.24, 2.45) is 11.8 Å². The molecule has 0 spiro atoms. The summed E-state index contributed by atoms with van der Waals surface area (Å²) < 4.78 is 0. The van der Waals surface area contributed by atoms with Gasteiger partial charge in [0, 0.05) is 45.7 Å². The fourth-order valence-electron chi connectivity index (χ4n) is 4.35. The molecule has 5 heteroatoms. The zero-order chi connectivity index (χ0) is 18.9. The zero-order valence-corrected chi connectivity index (χ0v) is 17.2. The van der Waals surface area contributed by atoms with Crippen molar-refractivity contribution in [2.45, 2.75) is 65.7 Å². The molecule has 2 amide bonds. The Morgan fingerprint density at radius 1 is 0.808 bits per heavy atom. The highest BCUT2D eigenvalue weighted by Crippen LogP contribution is 2.21. The van der Waals surface area contributed by atoms with Crippen LogP contribution in [-0.2, 0) is 9.59 Å². The van der Waals surface area contributed by atoms with Gasteiger partial charge in [-0.1, -0.05) is 46.5 Å². The van der Waals surface area contributed by atoms with E-state index in [2.05, 4.69) is 25.7 Å². The summed E-state index contributed by atoms with van der Waals surface area (Å²) in [4.78, 5) is 31.2.